The second kappa shape index (κ2) is 5.97. The number of hydrogen-bond donors (Lipinski definition) is 1. The minimum atomic E-state index is -1.08. The first-order chi connectivity index (χ1) is 5.63. The van der Waals surface area contributed by atoms with Crippen LogP contribution in [0.15, 0.2) is 0 Å². The molecule has 0 spiro atoms. The van der Waals surface area contributed by atoms with Crippen LogP contribution in [-0.2, 0) is 14.3 Å². The maximum Gasteiger partial charge on any atom is 0.335 e. The molecule has 4 heteroatoms. The molecule has 0 aromatic heterocycles. The summed E-state index contributed by atoms with van der Waals surface area (Å²) in [5, 5.41) is 9.29. The topological polar surface area (TPSA) is 55.8 Å². The summed E-state index contributed by atoms with van der Waals surface area (Å²) in [6.45, 7) is 4.06. The van der Waals surface area contributed by atoms with Crippen molar-refractivity contribution < 1.29 is 19.4 Å². The van der Waals surface area contributed by atoms with E-state index in [-0.39, 0.29) is 12.5 Å². The van der Waals surface area contributed by atoms with Crippen molar-refractivity contribution in [1.82, 2.24) is 0 Å². The standard InChI is InChI=1S/C8H16O4/c1-4-12-8(10)7(9)6(2)5-11-3/h6-7,9H,4-5H2,1-3H3. The van der Waals surface area contributed by atoms with Gasteiger partial charge in [-0.1, -0.05) is 6.92 Å². The number of aliphatic hydroxyl groups is 1. The van der Waals surface area contributed by atoms with Gasteiger partial charge in [0.1, 0.15) is 0 Å². The first kappa shape index (κ1) is 11.4. The van der Waals surface area contributed by atoms with Crippen molar-refractivity contribution in [2.75, 3.05) is 20.3 Å². The molecule has 0 aromatic rings. The maximum atomic E-state index is 10.9. The predicted molar refractivity (Wildman–Crippen MR) is 43.7 cm³/mol. The molecule has 0 saturated carbocycles. The van der Waals surface area contributed by atoms with E-state index in [9.17, 15) is 9.90 Å². The van der Waals surface area contributed by atoms with Crippen LogP contribution in [0.1, 0.15) is 13.8 Å². The zero-order valence-corrected chi connectivity index (χ0v) is 7.74. The number of aliphatic hydroxyl groups excluding tert-OH is 1. The summed E-state index contributed by atoms with van der Waals surface area (Å²) in [4.78, 5) is 10.9. The van der Waals surface area contributed by atoms with Crippen LogP contribution in [0.2, 0.25) is 0 Å². The number of rotatable bonds is 5. The van der Waals surface area contributed by atoms with Crippen molar-refractivity contribution in [1.29, 1.82) is 0 Å². The van der Waals surface area contributed by atoms with Gasteiger partial charge in [0.05, 0.1) is 13.2 Å². The number of methoxy groups -OCH3 is 1. The molecule has 0 radical (unpaired) electrons. The summed E-state index contributed by atoms with van der Waals surface area (Å²) in [5.41, 5.74) is 0. The lowest BCUT2D eigenvalue weighted by Crippen LogP contribution is -2.32. The molecule has 2 atom stereocenters. The Labute approximate surface area is 72.5 Å². The van der Waals surface area contributed by atoms with E-state index in [1.54, 1.807) is 13.8 Å². The van der Waals surface area contributed by atoms with E-state index < -0.39 is 12.1 Å². The molecule has 72 valence electrons. The zero-order valence-electron chi connectivity index (χ0n) is 7.74. The van der Waals surface area contributed by atoms with Crippen LogP contribution in [-0.4, -0.2) is 37.5 Å². The van der Waals surface area contributed by atoms with Gasteiger partial charge in [0.15, 0.2) is 6.10 Å². The highest BCUT2D eigenvalue weighted by Gasteiger charge is 2.23. The summed E-state index contributed by atoms with van der Waals surface area (Å²) in [7, 11) is 1.52. The number of esters is 1. The molecule has 12 heavy (non-hydrogen) atoms. The summed E-state index contributed by atoms with van der Waals surface area (Å²) < 4.78 is 9.41. The maximum absolute atomic E-state index is 10.9. The van der Waals surface area contributed by atoms with Crippen LogP contribution in [0.4, 0.5) is 0 Å². The van der Waals surface area contributed by atoms with E-state index in [0.29, 0.717) is 6.61 Å². The van der Waals surface area contributed by atoms with Gasteiger partial charge in [0, 0.05) is 13.0 Å². The van der Waals surface area contributed by atoms with Gasteiger partial charge in [-0.3, -0.25) is 0 Å². The third-order valence-corrected chi connectivity index (χ3v) is 1.50. The SMILES string of the molecule is CCOC(=O)C(O)C(C)COC. The molecule has 0 aliphatic carbocycles. The molecule has 4 nitrogen and oxygen atoms in total. The van der Waals surface area contributed by atoms with E-state index in [4.69, 9.17) is 4.74 Å². The molecule has 0 saturated heterocycles. The number of hydrogen-bond acceptors (Lipinski definition) is 4. The Balaban J connectivity index is 3.82. The molecule has 0 fully saturated rings. The van der Waals surface area contributed by atoms with Crippen molar-refractivity contribution >= 4 is 5.97 Å². The van der Waals surface area contributed by atoms with Gasteiger partial charge in [-0.25, -0.2) is 4.79 Å². The van der Waals surface area contributed by atoms with Crippen LogP contribution in [0.5, 0.6) is 0 Å². The number of carbonyl (C=O) groups excluding carboxylic acids is 1. The Morgan fingerprint density at radius 1 is 1.58 bits per heavy atom. The fraction of sp³-hybridized carbons (Fsp3) is 0.875. The Hall–Kier alpha value is -0.610. The molecular weight excluding hydrogens is 160 g/mol. The molecule has 0 heterocycles. The Morgan fingerprint density at radius 3 is 2.58 bits per heavy atom. The molecule has 0 bridgehead atoms. The highest BCUT2D eigenvalue weighted by molar-refractivity contribution is 5.74. The third-order valence-electron chi connectivity index (χ3n) is 1.50. The van der Waals surface area contributed by atoms with Crippen molar-refractivity contribution in [3.05, 3.63) is 0 Å². The van der Waals surface area contributed by atoms with Crippen molar-refractivity contribution in [2.24, 2.45) is 5.92 Å². The van der Waals surface area contributed by atoms with Crippen LogP contribution in [0, 0.1) is 5.92 Å². The smallest absolute Gasteiger partial charge is 0.335 e. The summed E-state index contributed by atoms with van der Waals surface area (Å²) in [6.07, 6.45) is -1.08. The predicted octanol–water partition coefficient (Wildman–Crippen LogP) is 0.193. The van der Waals surface area contributed by atoms with Gasteiger partial charge in [-0.15, -0.1) is 0 Å². The summed E-state index contributed by atoms with van der Waals surface area (Å²) in [5.74, 6) is -0.809. The molecule has 2 unspecified atom stereocenters. The fourth-order valence-electron chi connectivity index (χ4n) is 0.814. The largest absolute Gasteiger partial charge is 0.464 e. The van der Waals surface area contributed by atoms with Crippen LogP contribution < -0.4 is 0 Å². The lowest BCUT2D eigenvalue weighted by molar-refractivity contribution is -0.156. The molecule has 0 aliphatic rings. The second-order valence-corrected chi connectivity index (χ2v) is 2.63. The van der Waals surface area contributed by atoms with Gasteiger partial charge in [-0.2, -0.15) is 0 Å². The van der Waals surface area contributed by atoms with Crippen molar-refractivity contribution in [3.63, 3.8) is 0 Å². The quantitative estimate of drug-likeness (QED) is 0.608. The lowest BCUT2D eigenvalue weighted by Gasteiger charge is -2.15. The minimum absolute atomic E-state index is 0.228. The zero-order chi connectivity index (χ0) is 9.56. The Bertz CT molecular complexity index is 135. The van der Waals surface area contributed by atoms with E-state index in [2.05, 4.69) is 4.74 Å². The van der Waals surface area contributed by atoms with Crippen LogP contribution in [0.3, 0.4) is 0 Å². The number of ether oxygens (including phenoxy) is 2. The van der Waals surface area contributed by atoms with E-state index in [1.165, 1.54) is 7.11 Å². The van der Waals surface area contributed by atoms with Gasteiger partial charge in [0.25, 0.3) is 0 Å². The summed E-state index contributed by atoms with van der Waals surface area (Å²) in [6, 6.07) is 0. The average Bonchev–Trinajstić information content (AvgIpc) is 2.04. The van der Waals surface area contributed by atoms with Crippen LogP contribution >= 0.6 is 0 Å². The highest BCUT2D eigenvalue weighted by atomic mass is 16.5. The van der Waals surface area contributed by atoms with Gasteiger partial charge in [0.2, 0.25) is 0 Å². The minimum Gasteiger partial charge on any atom is -0.464 e. The molecule has 0 amide bonds. The Morgan fingerprint density at radius 2 is 2.17 bits per heavy atom. The van der Waals surface area contributed by atoms with Gasteiger partial charge in [-0.05, 0) is 6.92 Å². The average molecular weight is 176 g/mol. The third kappa shape index (κ3) is 3.69. The lowest BCUT2D eigenvalue weighted by atomic mass is 10.1. The fourth-order valence-corrected chi connectivity index (χ4v) is 0.814. The highest BCUT2D eigenvalue weighted by Crippen LogP contribution is 2.04. The molecule has 1 N–H and O–H groups in total. The van der Waals surface area contributed by atoms with Crippen LogP contribution in [0.25, 0.3) is 0 Å². The van der Waals surface area contributed by atoms with E-state index in [1.807, 2.05) is 0 Å². The van der Waals surface area contributed by atoms with Gasteiger partial charge >= 0.3 is 5.97 Å². The molecule has 0 aromatic carbocycles. The van der Waals surface area contributed by atoms with E-state index >= 15 is 0 Å². The number of carbonyl (C=O) groups is 1. The normalized spacial score (nSPS) is 15.3. The second-order valence-electron chi connectivity index (χ2n) is 2.63. The van der Waals surface area contributed by atoms with Crippen molar-refractivity contribution in [3.8, 4) is 0 Å². The van der Waals surface area contributed by atoms with Crippen molar-refractivity contribution in [2.45, 2.75) is 20.0 Å². The first-order valence-electron chi connectivity index (χ1n) is 3.97. The Kier molecular flexibility index (Phi) is 5.66. The molecule has 0 rings (SSSR count). The van der Waals surface area contributed by atoms with E-state index in [0.717, 1.165) is 0 Å². The van der Waals surface area contributed by atoms with Gasteiger partial charge < -0.3 is 14.6 Å². The summed E-state index contributed by atoms with van der Waals surface area (Å²) >= 11 is 0. The molecule has 0 aliphatic heterocycles. The monoisotopic (exact) mass is 176 g/mol. The first-order valence-corrected chi connectivity index (χ1v) is 3.97. The molecular formula is C8H16O4.